The van der Waals surface area contributed by atoms with Gasteiger partial charge in [0.25, 0.3) is 0 Å². The molecule has 1 aromatic rings. The number of hydrogen-bond donors (Lipinski definition) is 1. The Kier molecular flexibility index (Phi) is 5.01. The van der Waals surface area contributed by atoms with Crippen LogP contribution in [0, 0.1) is 12.8 Å². The van der Waals surface area contributed by atoms with E-state index in [1.165, 1.54) is 4.90 Å². The molecule has 2 amide bonds. The lowest BCUT2D eigenvalue weighted by molar-refractivity contribution is -0.151. The molecular formula is C14H18ClN3O3. The Morgan fingerprint density at radius 2 is 2.29 bits per heavy atom. The van der Waals surface area contributed by atoms with E-state index in [1.807, 2.05) is 6.92 Å². The molecule has 2 N–H and O–H groups in total. The molecular weight excluding hydrogens is 294 g/mol. The molecule has 1 saturated heterocycles. The van der Waals surface area contributed by atoms with Crippen molar-refractivity contribution in [3.05, 3.63) is 28.5 Å². The summed E-state index contributed by atoms with van der Waals surface area (Å²) in [5.41, 5.74) is 6.79. The molecule has 2 heterocycles. The second-order valence-corrected chi connectivity index (χ2v) is 5.50. The second-order valence-electron chi connectivity index (χ2n) is 5.11. The van der Waals surface area contributed by atoms with Crippen LogP contribution >= 0.6 is 11.6 Å². The maximum Gasteiger partial charge on any atom is 0.314 e. The smallest absolute Gasteiger partial charge is 0.314 e. The Morgan fingerprint density at radius 1 is 1.52 bits per heavy atom. The summed E-state index contributed by atoms with van der Waals surface area (Å²) in [5, 5.41) is 0.409. The molecule has 0 aliphatic carbocycles. The number of esters is 1. The first kappa shape index (κ1) is 15.6. The molecule has 1 fully saturated rings. The van der Waals surface area contributed by atoms with Gasteiger partial charge in [-0.3, -0.25) is 4.79 Å². The lowest BCUT2D eigenvalue weighted by Gasteiger charge is -2.30. The standard InChI is InChI=1S/C14H18ClN3O3/c1-9-11(4-5-12(15)17-9)8-21-13(19)10-3-2-6-18(7-10)14(16)20/h4-5,10H,2-3,6-8H2,1H3,(H2,16,20)/t10-/m1/s1. The minimum Gasteiger partial charge on any atom is -0.460 e. The molecule has 0 spiro atoms. The van der Waals surface area contributed by atoms with E-state index in [2.05, 4.69) is 4.98 Å². The number of carbonyl (C=O) groups excluding carboxylic acids is 2. The minimum atomic E-state index is -0.495. The number of ether oxygens (including phenoxy) is 1. The van der Waals surface area contributed by atoms with Crippen LogP contribution in [0.3, 0.4) is 0 Å². The number of hydrogen-bond acceptors (Lipinski definition) is 4. The molecule has 2 rings (SSSR count). The highest BCUT2D eigenvalue weighted by Crippen LogP contribution is 2.19. The van der Waals surface area contributed by atoms with Crippen molar-refractivity contribution in [3.8, 4) is 0 Å². The van der Waals surface area contributed by atoms with E-state index in [9.17, 15) is 9.59 Å². The SMILES string of the molecule is Cc1nc(Cl)ccc1COC(=O)[C@@H]1CCCN(C(N)=O)C1. The monoisotopic (exact) mass is 311 g/mol. The van der Waals surface area contributed by atoms with E-state index in [-0.39, 0.29) is 18.5 Å². The number of piperidine rings is 1. The van der Waals surface area contributed by atoms with Gasteiger partial charge < -0.3 is 15.4 Å². The summed E-state index contributed by atoms with van der Waals surface area (Å²) in [7, 11) is 0. The van der Waals surface area contributed by atoms with Gasteiger partial charge >= 0.3 is 12.0 Å². The summed E-state index contributed by atoms with van der Waals surface area (Å²) in [6.45, 7) is 2.89. The normalized spacial score (nSPS) is 18.4. The lowest BCUT2D eigenvalue weighted by atomic mass is 9.98. The van der Waals surface area contributed by atoms with Crippen molar-refractivity contribution >= 4 is 23.6 Å². The summed E-state index contributed by atoms with van der Waals surface area (Å²) in [6, 6.07) is 2.95. The van der Waals surface area contributed by atoms with E-state index in [1.54, 1.807) is 12.1 Å². The Bertz CT molecular complexity index is 550. The average Bonchev–Trinajstić information content (AvgIpc) is 2.46. The van der Waals surface area contributed by atoms with Crippen LogP contribution in [0.25, 0.3) is 0 Å². The largest absolute Gasteiger partial charge is 0.460 e. The van der Waals surface area contributed by atoms with Gasteiger partial charge in [-0.25, -0.2) is 9.78 Å². The van der Waals surface area contributed by atoms with Crippen LogP contribution in [0.5, 0.6) is 0 Å². The van der Waals surface area contributed by atoms with Crippen LogP contribution in [-0.2, 0) is 16.1 Å². The number of urea groups is 1. The minimum absolute atomic E-state index is 0.155. The first-order valence-electron chi connectivity index (χ1n) is 6.80. The van der Waals surface area contributed by atoms with Crippen LogP contribution in [0.1, 0.15) is 24.1 Å². The first-order chi connectivity index (χ1) is 9.97. The molecule has 114 valence electrons. The number of carbonyl (C=O) groups is 2. The van der Waals surface area contributed by atoms with Gasteiger partial charge in [-0.05, 0) is 25.8 Å². The molecule has 0 saturated carbocycles. The molecule has 21 heavy (non-hydrogen) atoms. The molecule has 1 aliphatic heterocycles. The Morgan fingerprint density at radius 3 is 2.95 bits per heavy atom. The van der Waals surface area contributed by atoms with Crippen LogP contribution in [0.4, 0.5) is 4.79 Å². The number of aromatic nitrogens is 1. The van der Waals surface area contributed by atoms with Crippen molar-refractivity contribution in [1.29, 1.82) is 0 Å². The van der Waals surface area contributed by atoms with Gasteiger partial charge in [-0.2, -0.15) is 0 Å². The van der Waals surface area contributed by atoms with Crippen LogP contribution < -0.4 is 5.73 Å². The van der Waals surface area contributed by atoms with Crippen molar-refractivity contribution in [2.45, 2.75) is 26.4 Å². The summed E-state index contributed by atoms with van der Waals surface area (Å²) >= 11 is 5.78. The fourth-order valence-corrected chi connectivity index (χ4v) is 2.54. The molecule has 0 bridgehead atoms. The highest BCUT2D eigenvalue weighted by atomic mass is 35.5. The quantitative estimate of drug-likeness (QED) is 0.682. The third kappa shape index (κ3) is 4.07. The zero-order chi connectivity index (χ0) is 15.4. The van der Waals surface area contributed by atoms with E-state index < -0.39 is 6.03 Å². The van der Waals surface area contributed by atoms with Gasteiger partial charge in [0.1, 0.15) is 11.8 Å². The third-order valence-corrected chi connectivity index (χ3v) is 3.81. The molecule has 1 atom stereocenters. The maximum absolute atomic E-state index is 12.1. The molecule has 7 heteroatoms. The number of halogens is 1. The predicted molar refractivity (Wildman–Crippen MR) is 77.7 cm³/mol. The van der Waals surface area contributed by atoms with Crippen LogP contribution in [0.2, 0.25) is 5.15 Å². The number of nitrogens with two attached hydrogens (primary N) is 1. The van der Waals surface area contributed by atoms with Gasteiger partial charge in [0.2, 0.25) is 0 Å². The number of pyridine rings is 1. The highest BCUT2D eigenvalue weighted by molar-refractivity contribution is 6.29. The van der Waals surface area contributed by atoms with Crippen molar-refractivity contribution < 1.29 is 14.3 Å². The summed E-state index contributed by atoms with van der Waals surface area (Å²) in [4.78, 5) is 28.8. The van der Waals surface area contributed by atoms with Crippen molar-refractivity contribution in [2.75, 3.05) is 13.1 Å². The molecule has 6 nitrogen and oxygen atoms in total. The Balaban J connectivity index is 1.90. The maximum atomic E-state index is 12.1. The van der Waals surface area contributed by atoms with Crippen molar-refractivity contribution in [3.63, 3.8) is 0 Å². The van der Waals surface area contributed by atoms with Gasteiger partial charge in [0, 0.05) is 24.3 Å². The first-order valence-corrected chi connectivity index (χ1v) is 7.18. The number of nitrogens with zero attached hydrogens (tertiary/aromatic N) is 2. The van der Waals surface area contributed by atoms with Gasteiger partial charge in [-0.15, -0.1) is 0 Å². The van der Waals surface area contributed by atoms with Crippen molar-refractivity contribution in [1.82, 2.24) is 9.88 Å². The Hall–Kier alpha value is -1.82. The number of amides is 2. The fourth-order valence-electron chi connectivity index (χ4n) is 2.35. The highest BCUT2D eigenvalue weighted by Gasteiger charge is 2.28. The zero-order valence-corrected chi connectivity index (χ0v) is 12.6. The number of rotatable bonds is 3. The summed E-state index contributed by atoms with van der Waals surface area (Å²) < 4.78 is 5.32. The summed E-state index contributed by atoms with van der Waals surface area (Å²) in [5.74, 6) is -0.623. The predicted octanol–water partition coefficient (Wildman–Crippen LogP) is 1.88. The van der Waals surface area contributed by atoms with Gasteiger partial charge in [0.15, 0.2) is 0 Å². The van der Waals surface area contributed by atoms with E-state index in [4.69, 9.17) is 22.1 Å². The molecule has 1 aliphatic rings. The number of aryl methyl sites for hydroxylation is 1. The fraction of sp³-hybridized carbons (Fsp3) is 0.500. The topological polar surface area (TPSA) is 85.5 Å². The summed E-state index contributed by atoms with van der Waals surface area (Å²) in [6.07, 6.45) is 1.46. The molecule has 0 unspecified atom stereocenters. The lowest BCUT2D eigenvalue weighted by Crippen LogP contribution is -2.45. The average molecular weight is 312 g/mol. The zero-order valence-electron chi connectivity index (χ0n) is 11.8. The molecule has 1 aromatic heterocycles. The van der Waals surface area contributed by atoms with Crippen LogP contribution in [0.15, 0.2) is 12.1 Å². The molecule has 0 radical (unpaired) electrons. The van der Waals surface area contributed by atoms with Crippen LogP contribution in [-0.4, -0.2) is 35.0 Å². The van der Waals surface area contributed by atoms with Gasteiger partial charge in [0.05, 0.1) is 5.92 Å². The van der Waals surface area contributed by atoms with E-state index >= 15 is 0 Å². The Labute approximate surface area is 128 Å². The molecule has 0 aromatic carbocycles. The van der Waals surface area contributed by atoms with Gasteiger partial charge in [-0.1, -0.05) is 17.7 Å². The third-order valence-electron chi connectivity index (χ3n) is 3.60. The van der Waals surface area contributed by atoms with Crippen molar-refractivity contribution in [2.24, 2.45) is 11.7 Å². The second kappa shape index (κ2) is 6.76. The number of likely N-dealkylation sites (tertiary alicyclic amines) is 1. The van der Waals surface area contributed by atoms with E-state index in [0.717, 1.165) is 17.7 Å². The van der Waals surface area contributed by atoms with E-state index in [0.29, 0.717) is 24.7 Å². The number of primary amides is 1.